The van der Waals surface area contributed by atoms with Gasteiger partial charge in [-0.2, -0.15) is 0 Å². The third-order valence-corrected chi connectivity index (χ3v) is 4.60. The minimum Gasteiger partial charge on any atom is -0.465 e. The molecule has 0 N–H and O–H groups in total. The van der Waals surface area contributed by atoms with Crippen molar-refractivity contribution in [1.82, 2.24) is 4.90 Å². The maximum absolute atomic E-state index is 13.1. The van der Waals surface area contributed by atoms with E-state index in [2.05, 4.69) is 17.0 Å². The molecule has 0 bridgehead atoms. The smallest absolute Gasteiger partial charge is 0.316 e. The highest BCUT2D eigenvalue weighted by Crippen LogP contribution is 2.33. The molecule has 1 heterocycles. The van der Waals surface area contributed by atoms with Gasteiger partial charge in [-0.05, 0) is 24.5 Å². The summed E-state index contributed by atoms with van der Waals surface area (Å²) in [6.07, 6.45) is 0.508. The van der Waals surface area contributed by atoms with Crippen molar-refractivity contribution in [1.29, 1.82) is 0 Å². The molecule has 4 heteroatoms. The van der Waals surface area contributed by atoms with E-state index in [-0.39, 0.29) is 5.78 Å². The number of hydrogen-bond acceptors (Lipinski definition) is 4. The second kappa shape index (κ2) is 8.08. The third kappa shape index (κ3) is 3.97. The molecule has 2 aromatic rings. The lowest BCUT2D eigenvalue weighted by Gasteiger charge is -2.37. The lowest BCUT2D eigenvalue weighted by molar-refractivity contribution is -0.155. The molecule has 0 amide bonds. The van der Waals surface area contributed by atoms with E-state index in [1.54, 1.807) is 6.92 Å². The number of hydrogen-bond donors (Lipinski definition) is 0. The van der Waals surface area contributed by atoms with Crippen LogP contribution in [0.15, 0.2) is 60.7 Å². The molecule has 0 radical (unpaired) electrons. The number of ketones is 1. The van der Waals surface area contributed by atoms with E-state index < -0.39 is 17.9 Å². The molecule has 3 rings (SSSR count). The van der Waals surface area contributed by atoms with Crippen LogP contribution in [-0.4, -0.2) is 29.8 Å². The summed E-state index contributed by atoms with van der Waals surface area (Å²) < 4.78 is 5.11. The number of rotatable bonds is 5. The fourth-order valence-electron chi connectivity index (χ4n) is 3.41. The Morgan fingerprint density at radius 3 is 2.36 bits per heavy atom. The fraction of sp³-hybridized carbons (Fsp3) is 0.333. The lowest BCUT2D eigenvalue weighted by Crippen LogP contribution is -2.46. The molecule has 0 saturated carbocycles. The number of ether oxygens (including phenoxy) is 1. The molecular weight excluding hydrogens is 314 g/mol. The first kappa shape index (κ1) is 17.4. The number of carbonyl (C=O) groups excluding carboxylic acids is 2. The highest BCUT2D eigenvalue weighted by atomic mass is 16.5. The molecule has 0 spiro atoms. The maximum Gasteiger partial charge on any atom is 0.316 e. The SMILES string of the molecule is CCOC(=O)C1CCN(Cc2ccccc2)[C@H](c2ccccc2)C1=O. The van der Waals surface area contributed by atoms with Gasteiger partial charge < -0.3 is 4.74 Å². The van der Waals surface area contributed by atoms with Crippen LogP contribution in [-0.2, 0) is 20.9 Å². The second-order valence-corrected chi connectivity index (χ2v) is 6.26. The Bertz CT molecular complexity index is 714. The fourth-order valence-corrected chi connectivity index (χ4v) is 3.41. The van der Waals surface area contributed by atoms with Gasteiger partial charge in [0.2, 0.25) is 0 Å². The van der Waals surface area contributed by atoms with Gasteiger partial charge in [0.1, 0.15) is 5.92 Å². The summed E-state index contributed by atoms with van der Waals surface area (Å²) in [5, 5.41) is 0. The first-order valence-electron chi connectivity index (χ1n) is 8.74. The molecule has 0 aliphatic carbocycles. The van der Waals surface area contributed by atoms with E-state index in [0.29, 0.717) is 26.1 Å². The number of likely N-dealkylation sites (tertiary alicyclic amines) is 1. The van der Waals surface area contributed by atoms with Crippen molar-refractivity contribution in [2.45, 2.75) is 25.9 Å². The molecule has 1 aliphatic heterocycles. The van der Waals surface area contributed by atoms with Gasteiger partial charge in [-0.15, -0.1) is 0 Å². The normalized spacial score (nSPS) is 21.1. The van der Waals surface area contributed by atoms with Gasteiger partial charge >= 0.3 is 5.97 Å². The Labute approximate surface area is 148 Å². The molecular formula is C21H23NO3. The first-order valence-corrected chi connectivity index (χ1v) is 8.74. The number of carbonyl (C=O) groups is 2. The molecule has 4 nitrogen and oxygen atoms in total. The predicted molar refractivity (Wildman–Crippen MR) is 95.8 cm³/mol. The summed E-state index contributed by atoms with van der Waals surface area (Å²) in [5.41, 5.74) is 2.09. The van der Waals surface area contributed by atoms with Crippen LogP contribution in [0.3, 0.4) is 0 Å². The molecule has 2 atom stereocenters. The number of piperidine rings is 1. The lowest BCUT2D eigenvalue weighted by atomic mass is 9.85. The Kier molecular flexibility index (Phi) is 5.61. The molecule has 2 aromatic carbocycles. The van der Waals surface area contributed by atoms with Gasteiger partial charge in [-0.25, -0.2) is 0 Å². The van der Waals surface area contributed by atoms with Crippen molar-refractivity contribution >= 4 is 11.8 Å². The largest absolute Gasteiger partial charge is 0.465 e. The van der Waals surface area contributed by atoms with Gasteiger partial charge in [0.05, 0.1) is 12.6 Å². The molecule has 25 heavy (non-hydrogen) atoms. The van der Waals surface area contributed by atoms with E-state index in [0.717, 1.165) is 11.1 Å². The topological polar surface area (TPSA) is 46.6 Å². The van der Waals surface area contributed by atoms with Gasteiger partial charge in [0.15, 0.2) is 5.78 Å². The zero-order chi connectivity index (χ0) is 17.6. The Morgan fingerprint density at radius 1 is 1.08 bits per heavy atom. The minimum absolute atomic E-state index is 0.0631. The van der Waals surface area contributed by atoms with Crippen molar-refractivity contribution < 1.29 is 14.3 Å². The Morgan fingerprint density at radius 2 is 1.72 bits per heavy atom. The van der Waals surface area contributed by atoms with Crippen LogP contribution in [0.25, 0.3) is 0 Å². The number of esters is 1. The summed E-state index contributed by atoms with van der Waals surface area (Å²) in [4.78, 5) is 27.4. The van der Waals surface area contributed by atoms with Crippen LogP contribution in [0.5, 0.6) is 0 Å². The third-order valence-electron chi connectivity index (χ3n) is 4.60. The van der Waals surface area contributed by atoms with Crippen molar-refractivity contribution in [3.8, 4) is 0 Å². The number of Topliss-reactive ketones (excluding diaryl/α,β-unsaturated/α-hetero) is 1. The Balaban J connectivity index is 1.88. The average molecular weight is 337 g/mol. The highest BCUT2D eigenvalue weighted by molar-refractivity contribution is 6.02. The molecule has 1 fully saturated rings. The quantitative estimate of drug-likeness (QED) is 0.620. The number of benzene rings is 2. The van der Waals surface area contributed by atoms with E-state index in [1.165, 1.54) is 0 Å². The monoisotopic (exact) mass is 337 g/mol. The predicted octanol–water partition coefficient (Wildman–Crippen LogP) is 3.38. The van der Waals surface area contributed by atoms with Crippen molar-refractivity contribution in [2.75, 3.05) is 13.2 Å². The molecule has 130 valence electrons. The van der Waals surface area contributed by atoms with E-state index in [4.69, 9.17) is 4.74 Å². The van der Waals surface area contributed by atoms with E-state index in [1.807, 2.05) is 48.5 Å². The second-order valence-electron chi connectivity index (χ2n) is 6.26. The van der Waals surface area contributed by atoms with Crippen LogP contribution in [0.2, 0.25) is 0 Å². The standard InChI is InChI=1S/C21H23NO3/c1-2-25-21(24)18-13-14-22(15-16-9-5-3-6-10-16)19(20(18)23)17-11-7-4-8-12-17/h3-12,18-19H,2,13-15H2,1H3/t18?,19-/m1/s1. The van der Waals surface area contributed by atoms with Gasteiger partial charge in [0.25, 0.3) is 0 Å². The molecule has 0 aromatic heterocycles. The zero-order valence-corrected chi connectivity index (χ0v) is 14.4. The summed E-state index contributed by atoms with van der Waals surface area (Å²) >= 11 is 0. The van der Waals surface area contributed by atoms with Crippen LogP contribution >= 0.6 is 0 Å². The summed E-state index contributed by atoms with van der Waals surface area (Å²) in [7, 11) is 0. The van der Waals surface area contributed by atoms with Crippen LogP contribution < -0.4 is 0 Å². The summed E-state index contributed by atoms with van der Waals surface area (Å²) in [6, 6.07) is 19.4. The maximum atomic E-state index is 13.1. The van der Waals surface area contributed by atoms with Gasteiger partial charge in [-0.3, -0.25) is 14.5 Å². The van der Waals surface area contributed by atoms with E-state index in [9.17, 15) is 9.59 Å². The highest BCUT2D eigenvalue weighted by Gasteiger charge is 2.41. The minimum atomic E-state index is -0.669. The molecule has 1 unspecified atom stereocenters. The first-order chi connectivity index (χ1) is 12.2. The number of nitrogens with zero attached hydrogens (tertiary/aromatic N) is 1. The van der Waals surface area contributed by atoms with Crippen molar-refractivity contribution in [3.05, 3.63) is 71.8 Å². The van der Waals surface area contributed by atoms with Gasteiger partial charge in [0, 0.05) is 13.1 Å². The summed E-state index contributed by atoms with van der Waals surface area (Å²) in [6.45, 7) is 3.43. The van der Waals surface area contributed by atoms with Crippen LogP contribution in [0.4, 0.5) is 0 Å². The van der Waals surface area contributed by atoms with Crippen molar-refractivity contribution in [3.63, 3.8) is 0 Å². The van der Waals surface area contributed by atoms with Gasteiger partial charge in [-0.1, -0.05) is 60.7 Å². The molecule has 1 aliphatic rings. The summed E-state index contributed by atoms with van der Waals surface area (Å²) in [5.74, 6) is -1.13. The zero-order valence-electron chi connectivity index (χ0n) is 14.4. The van der Waals surface area contributed by atoms with Crippen LogP contribution in [0.1, 0.15) is 30.5 Å². The van der Waals surface area contributed by atoms with Crippen LogP contribution in [0, 0.1) is 5.92 Å². The van der Waals surface area contributed by atoms with Crippen molar-refractivity contribution in [2.24, 2.45) is 5.92 Å². The van der Waals surface area contributed by atoms with E-state index >= 15 is 0 Å². The average Bonchev–Trinajstić information content (AvgIpc) is 2.64. The molecule has 1 saturated heterocycles. The Hall–Kier alpha value is -2.46.